The average molecular weight is 232 g/mol. The van der Waals surface area contributed by atoms with Gasteiger partial charge in [0.2, 0.25) is 0 Å². The fourth-order valence-corrected chi connectivity index (χ4v) is 2.12. The Kier molecular flexibility index (Phi) is 2.73. The lowest BCUT2D eigenvalue weighted by molar-refractivity contribution is 1.17. The van der Waals surface area contributed by atoms with Crippen LogP contribution in [0.2, 0.25) is 0 Å². The molecule has 0 spiro atoms. The Labute approximate surface area is 107 Å². The highest BCUT2D eigenvalue weighted by molar-refractivity contribution is 5.92. The lowest BCUT2D eigenvalue weighted by Crippen LogP contribution is -1.92. The van der Waals surface area contributed by atoms with E-state index in [4.69, 9.17) is 5.32 Å². The summed E-state index contributed by atoms with van der Waals surface area (Å²) in [6.07, 6.45) is 0. The summed E-state index contributed by atoms with van der Waals surface area (Å²) in [5.41, 5.74) is 3.27. The van der Waals surface area contributed by atoms with E-state index in [1.165, 1.54) is 16.3 Å². The number of fused-ring (bicyclic) bond motifs is 1. The fourth-order valence-electron chi connectivity index (χ4n) is 2.12. The zero-order chi connectivity index (χ0) is 12.4. The average Bonchev–Trinajstić information content (AvgIpc) is 2.42. The van der Waals surface area contributed by atoms with Gasteiger partial charge in [-0.25, -0.2) is 5.32 Å². The zero-order valence-corrected chi connectivity index (χ0v) is 10.3. The van der Waals surface area contributed by atoms with Gasteiger partial charge in [0, 0.05) is 5.39 Å². The van der Waals surface area contributed by atoms with Crippen molar-refractivity contribution in [1.82, 2.24) is 5.32 Å². The van der Waals surface area contributed by atoms with Crippen LogP contribution in [-0.4, -0.2) is 0 Å². The highest BCUT2D eigenvalue weighted by Gasteiger charge is 2.03. The van der Waals surface area contributed by atoms with Crippen molar-refractivity contribution in [2.75, 3.05) is 0 Å². The maximum Gasteiger partial charge on any atom is 0.0715 e. The van der Waals surface area contributed by atoms with Gasteiger partial charge in [-0.15, -0.1) is 0 Å². The lowest BCUT2D eigenvalue weighted by Gasteiger charge is -2.08. The van der Waals surface area contributed by atoms with Crippen molar-refractivity contribution in [2.45, 2.75) is 6.92 Å². The number of nitrogens with zero attached hydrogens (tertiary/aromatic N) is 1. The topological polar surface area (TPSA) is 14.1 Å². The van der Waals surface area contributed by atoms with Crippen LogP contribution in [0.25, 0.3) is 10.8 Å². The highest BCUT2D eigenvalue weighted by Crippen LogP contribution is 2.27. The highest BCUT2D eigenvalue weighted by atomic mass is 14.9. The van der Waals surface area contributed by atoms with Gasteiger partial charge >= 0.3 is 0 Å². The number of benzene rings is 3. The zero-order valence-electron chi connectivity index (χ0n) is 10.3. The van der Waals surface area contributed by atoms with Crippen LogP contribution >= 0.6 is 0 Å². The predicted octanol–water partition coefficient (Wildman–Crippen LogP) is 4.72. The van der Waals surface area contributed by atoms with Crippen LogP contribution in [0.5, 0.6) is 0 Å². The summed E-state index contributed by atoms with van der Waals surface area (Å²) in [4.78, 5) is 0. The summed E-state index contributed by atoms with van der Waals surface area (Å²) in [6, 6.07) is 22.8. The van der Waals surface area contributed by atoms with Gasteiger partial charge in [-0.1, -0.05) is 54.6 Å². The molecule has 87 valence electrons. The third-order valence-corrected chi connectivity index (χ3v) is 3.12. The molecule has 1 nitrogen and oxygen atoms in total. The van der Waals surface area contributed by atoms with Crippen molar-refractivity contribution in [2.24, 2.45) is 0 Å². The Morgan fingerprint density at radius 1 is 0.667 bits per heavy atom. The van der Waals surface area contributed by atoms with Crippen molar-refractivity contribution >= 4 is 22.1 Å². The van der Waals surface area contributed by atoms with Crippen LogP contribution < -0.4 is 5.32 Å². The molecule has 3 rings (SSSR count). The number of hydrogen-bond donors (Lipinski definition) is 0. The summed E-state index contributed by atoms with van der Waals surface area (Å²) in [5.74, 6) is 0. The van der Waals surface area contributed by atoms with Crippen LogP contribution in [0.15, 0.2) is 66.7 Å². The number of aryl methyl sites for hydroxylation is 1. The molecule has 3 aromatic carbocycles. The number of rotatable bonds is 2. The Bertz CT molecular complexity index is 681. The SMILES string of the molecule is Cc1ccccc1[N]c1cccc2ccccc12. The molecule has 0 aliphatic rings. The third-order valence-electron chi connectivity index (χ3n) is 3.12. The first kappa shape index (κ1) is 10.8. The maximum atomic E-state index is 4.77. The second-order valence-electron chi connectivity index (χ2n) is 4.40. The fraction of sp³-hybridized carbons (Fsp3) is 0.0588. The van der Waals surface area contributed by atoms with Gasteiger partial charge in [-0.2, -0.15) is 0 Å². The van der Waals surface area contributed by atoms with Gasteiger partial charge < -0.3 is 0 Å². The first-order valence-electron chi connectivity index (χ1n) is 6.10. The minimum Gasteiger partial charge on any atom is -0.248 e. The quantitative estimate of drug-likeness (QED) is 0.607. The van der Waals surface area contributed by atoms with Gasteiger partial charge in [0.25, 0.3) is 0 Å². The Hall–Kier alpha value is -2.28. The summed E-state index contributed by atoms with van der Waals surface area (Å²) >= 11 is 0. The second-order valence-corrected chi connectivity index (χ2v) is 4.40. The molecule has 0 aliphatic carbocycles. The van der Waals surface area contributed by atoms with Gasteiger partial charge in [-0.05, 0) is 30.0 Å². The molecule has 0 atom stereocenters. The van der Waals surface area contributed by atoms with Gasteiger partial charge in [0.1, 0.15) is 0 Å². The summed E-state index contributed by atoms with van der Waals surface area (Å²) in [7, 11) is 0. The molecule has 0 saturated carbocycles. The molecule has 0 heterocycles. The second kappa shape index (κ2) is 4.53. The molecule has 1 heteroatoms. The molecule has 0 unspecified atom stereocenters. The smallest absolute Gasteiger partial charge is 0.0715 e. The van der Waals surface area contributed by atoms with Crippen molar-refractivity contribution in [3.8, 4) is 0 Å². The van der Waals surface area contributed by atoms with Crippen LogP contribution in [-0.2, 0) is 0 Å². The van der Waals surface area contributed by atoms with Crippen molar-refractivity contribution in [1.29, 1.82) is 0 Å². The van der Waals surface area contributed by atoms with Crippen molar-refractivity contribution in [3.63, 3.8) is 0 Å². The third kappa shape index (κ3) is 1.95. The van der Waals surface area contributed by atoms with E-state index >= 15 is 0 Å². The molecule has 0 amide bonds. The molecule has 0 aromatic heterocycles. The summed E-state index contributed by atoms with van der Waals surface area (Å²) < 4.78 is 0. The van der Waals surface area contributed by atoms with Crippen LogP contribution in [0.1, 0.15) is 5.56 Å². The van der Waals surface area contributed by atoms with Crippen molar-refractivity contribution < 1.29 is 0 Å². The molecule has 3 aromatic rings. The summed E-state index contributed by atoms with van der Waals surface area (Å²) in [5, 5.41) is 7.20. The van der Waals surface area contributed by atoms with E-state index in [0.717, 1.165) is 11.4 Å². The molecule has 0 fully saturated rings. The van der Waals surface area contributed by atoms with E-state index in [1.807, 2.05) is 12.1 Å². The molecular weight excluding hydrogens is 218 g/mol. The maximum absolute atomic E-state index is 4.77. The lowest BCUT2D eigenvalue weighted by atomic mass is 10.1. The molecular formula is C17H14N. The van der Waals surface area contributed by atoms with Gasteiger partial charge in [0.15, 0.2) is 0 Å². The minimum absolute atomic E-state index is 1.03. The van der Waals surface area contributed by atoms with E-state index < -0.39 is 0 Å². The first-order chi connectivity index (χ1) is 8.84. The molecule has 1 radical (unpaired) electrons. The largest absolute Gasteiger partial charge is 0.248 e. The van der Waals surface area contributed by atoms with E-state index in [2.05, 4.69) is 61.5 Å². The Morgan fingerprint density at radius 3 is 2.22 bits per heavy atom. The van der Waals surface area contributed by atoms with Crippen molar-refractivity contribution in [3.05, 3.63) is 72.3 Å². The van der Waals surface area contributed by atoms with E-state index in [9.17, 15) is 0 Å². The molecule has 0 aliphatic heterocycles. The van der Waals surface area contributed by atoms with Crippen LogP contribution in [0.3, 0.4) is 0 Å². The van der Waals surface area contributed by atoms with Gasteiger partial charge in [-0.3, -0.25) is 0 Å². The number of hydrogen-bond acceptors (Lipinski definition) is 0. The normalized spacial score (nSPS) is 10.5. The molecule has 0 saturated heterocycles. The van der Waals surface area contributed by atoms with Crippen LogP contribution in [0, 0.1) is 6.92 Å². The number of para-hydroxylation sites is 1. The Balaban J connectivity index is 2.08. The standard InChI is InChI=1S/C17H14N/c1-13-7-2-5-11-16(13)18-17-12-6-9-14-8-3-4-10-15(14)17/h2-12H,1H3. The predicted molar refractivity (Wildman–Crippen MR) is 76.6 cm³/mol. The first-order valence-corrected chi connectivity index (χ1v) is 6.10. The van der Waals surface area contributed by atoms with E-state index in [1.54, 1.807) is 0 Å². The monoisotopic (exact) mass is 232 g/mol. The Morgan fingerprint density at radius 2 is 1.33 bits per heavy atom. The molecule has 18 heavy (non-hydrogen) atoms. The minimum atomic E-state index is 1.03. The van der Waals surface area contributed by atoms with E-state index in [0.29, 0.717) is 0 Å². The molecule has 0 N–H and O–H groups in total. The summed E-state index contributed by atoms with van der Waals surface area (Å²) in [6.45, 7) is 2.09. The van der Waals surface area contributed by atoms with Crippen LogP contribution in [0.4, 0.5) is 11.4 Å². The van der Waals surface area contributed by atoms with Gasteiger partial charge in [0.05, 0.1) is 11.4 Å². The van der Waals surface area contributed by atoms with E-state index in [-0.39, 0.29) is 0 Å². The molecule has 0 bridgehead atoms.